The van der Waals surface area contributed by atoms with Crippen molar-refractivity contribution in [2.75, 3.05) is 10.2 Å². The van der Waals surface area contributed by atoms with E-state index in [1.807, 2.05) is 0 Å². The fourth-order valence-corrected chi connectivity index (χ4v) is 2.57. The highest BCUT2D eigenvalue weighted by Crippen LogP contribution is 2.38. The number of nitrogens with zero attached hydrogens (tertiary/aromatic N) is 1. The van der Waals surface area contributed by atoms with Crippen LogP contribution in [-0.2, 0) is 15.8 Å². The maximum absolute atomic E-state index is 13.6. The molecule has 2 aromatic carbocycles. The zero-order valence-electron chi connectivity index (χ0n) is 13.7. The first kappa shape index (κ1) is 18.6. The first-order chi connectivity index (χ1) is 12.6. The molecule has 0 radical (unpaired) electrons. The van der Waals surface area contributed by atoms with Crippen LogP contribution < -0.4 is 10.2 Å². The van der Waals surface area contributed by atoms with Gasteiger partial charge in [-0.3, -0.25) is 9.59 Å². The van der Waals surface area contributed by atoms with Gasteiger partial charge in [-0.1, -0.05) is 12.1 Å². The fraction of sp³-hybridized carbons (Fsp3) is 0.111. The molecule has 0 saturated carbocycles. The molecule has 1 heterocycles. The first-order valence-corrected chi connectivity index (χ1v) is 7.58. The largest absolute Gasteiger partial charge is 0.418 e. The molecule has 0 fully saturated rings. The van der Waals surface area contributed by atoms with Gasteiger partial charge < -0.3 is 5.32 Å². The van der Waals surface area contributed by atoms with Crippen LogP contribution in [0, 0.1) is 18.6 Å². The molecule has 140 valence electrons. The molecule has 0 saturated heterocycles. The molecule has 0 bridgehead atoms. The second-order valence-electron chi connectivity index (χ2n) is 5.74. The topological polar surface area (TPSA) is 49.4 Å². The molecule has 0 unspecified atom stereocenters. The quantitative estimate of drug-likeness (QED) is 0.641. The van der Waals surface area contributed by atoms with E-state index in [4.69, 9.17) is 0 Å². The van der Waals surface area contributed by atoms with Crippen molar-refractivity contribution in [2.24, 2.45) is 0 Å². The van der Waals surface area contributed by atoms with Gasteiger partial charge in [0, 0.05) is 17.3 Å². The summed E-state index contributed by atoms with van der Waals surface area (Å²) < 4.78 is 66.7. The lowest BCUT2D eigenvalue weighted by Crippen LogP contribution is -2.33. The molecule has 2 aromatic rings. The lowest BCUT2D eigenvalue weighted by molar-refractivity contribution is -0.137. The molecule has 0 aromatic heterocycles. The number of hydrogen-bond donors (Lipinski definition) is 1. The Kier molecular flexibility index (Phi) is 4.46. The average Bonchev–Trinajstić information content (AvgIpc) is 2.85. The summed E-state index contributed by atoms with van der Waals surface area (Å²) in [4.78, 5) is 24.9. The lowest BCUT2D eigenvalue weighted by Gasteiger charge is -2.20. The summed E-state index contributed by atoms with van der Waals surface area (Å²) in [7, 11) is 0. The predicted molar refractivity (Wildman–Crippen MR) is 86.7 cm³/mol. The van der Waals surface area contributed by atoms with Gasteiger partial charge in [0.25, 0.3) is 11.8 Å². The number of anilines is 2. The summed E-state index contributed by atoms with van der Waals surface area (Å²) in [5.74, 6) is -3.84. The van der Waals surface area contributed by atoms with Gasteiger partial charge in [0.1, 0.15) is 17.3 Å². The van der Waals surface area contributed by atoms with Gasteiger partial charge in [-0.25, -0.2) is 13.7 Å². The van der Waals surface area contributed by atoms with E-state index in [1.54, 1.807) is 0 Å². The van der Waals surface area contributed by atoms with Gasteiger partial charge in [0.2, 0.25) is 0 Å². The molecule has 1 aliphatic heterocycles. The number of carbonyl (C=O) groups is 2. The fourth-order valence-electron chi connectivity index (χ4n) is 2.57. The van der Waals surface area contributed by atoms with Gasteiger partial charge in [0.05, 0.1) is 11.3 Å². The highest BCUT2D eigenvalue weighted by atomic mass is 19.4. The number of nitrogens with one attached hydrogen (secondary N) is 1. The second-order valence-corrected chi connectivity index (χ2v) is 5.74. The SMILES string of the molecule is Cc1c(F)cc(NC2=CC(=O)N(c3ccccc3C(F)(F)F)C2=O)cc1F. The average molecular weight is 382 g/mol. The Morgan fingerprint density at radius 3 is 2.19 bits per heavy atom. The molecule has 1 N–H and O–H groups in total. The summed E-state index contributed by atoms with van der Waals surface area (Å²) in [5.41, 5.74) is -2.58. The number of rotatable bonds is 3. The predicted octanol–water partition coefficient (Wildman–Crippen LogP) is 4.16. The van der Waals surface area contributed by atoms with Crippen LogP contribution >= 0.6 is 0 Å². The lowest BCUT2D eigenvalue weighted by atomic mass is 10.1. The number of amides is 2. The Bertz CT molecular complexity index is 959. The van der Waals surface area contributed by atoms with Crippen molar-refractivity contribution < 1.29 is 31.5 Å². The van der Waals surface area contributed by atoms with E-state index in [-0.39, 0.29) is 11.3 Å². The van der Waals surface area contributed by atoms with E-state index in [0.717, 1.165) is 36.4 Å². The Labute approximate surface area is 149 Å². The van der Waals surface area contributed by atoms with Gasteiger partial charge in [0.15, 0.2) is 0 Å². The smallest absolute Gasteiger partial charge is 0.351 e. The van der Waals surface area contributed by atoms with E-state index in [2.05, 4.69) is 5.32 Å². The van der Waals surface area contributed by atoms with E-state index < -0.39 is 46.6 Å². The van der Waals surface area contributed by atoms with Crippen molar-refractivity contribution in [3.05, 3.63) is 70.9 Å². The van der Waals surface area contributed by atoms with E-state index >= 15 is 0 Å². The maximum atomic E-state index is 13.6. The summed E-state index contributed by atoms with van der Waals surface area (Å²) in [5, 5.41) is 2.38. The standard InChI is InChI=1S/C18H11F5N2O2/c1-9-12(19)6-10(7-13(9)20)24-14-8-16(26)25(17(14)27)15-5-3-2-4-11(15)18(21,22)23/h2-8,24H,1H3. The molecule has 0 aliphatic carbocycles. The van der Waals surface area contributed by atoms with Crippen LogP contribution in [0.25, 0.3) is 0 Å². The third-order valence-electron chi connectivity index (χ3n) is 3.93. The minimum Gasteiger partial charge on any atom is -0.351 e. The third kappa shape index (κ3) is 3.40. The van der Waals surface area contributed by atoms with Gasteiger partial charge in [-0.15, -0.1) is 0 Å². The molecule has 0 atom stereocenters. The highest BCUT2D eigenvalue weighted by Gasteiger charge is 2.40. The zero-order chi connectivity index (χ0) is 19.9. The number of halogens is 5. The molecular weight excluding hydrogens is 371 g/mol. The van der Waals surface area contributed by atoms with E-state index in [1.165, 1.54) is 13.0 Å². The van der Waals surface area contributed by atoms with Crippen LogP contribution in [-0.4, -0.2) is 11.8 Å². The van der Waals surface area contributed by atoms with Crippen LogP contribution in [0.3, 0.4) is 0 Å². The number of imide groups is 1. The van der Waals surface area contributed by atoms with Gasteiger partial charge >= 0.3 is 6.18 Å². The van der Waals surface area contributed by atoms with E-state index in [0.29, 0.717) is 4.90 Å². The second kappa shape index (κ2) is 6.49. The normalized spacial score (nSPS) is 14.6. The maximum Gasteiger partial charge on any atom is 0.418 e. The number of benzene rings is 2. The van der Waals surface area contributed by atoms with E-state index in [9.17, 15) is 31.5 Å². The van der Waals surface area contributed by atoms with Crippen molar-refractivity contribution in [1.82, 2.24) is 0 Å². The minimum absolute atomic E-state index is 0.158. The summed E-state index contributed by atoms with van der Waals surface area (Å²) in [6.45, 7) is 1.22. The third-order valence-corrected chi connectivity index (χ3v) is 3.93. The summed E-state index contributed by atoms with van der Waals surface area (Å²) in [6, 6.07) is 5.92. The van der Waals surface area contributed by atoms with Crippen molar-refractivity contribution in [3.63, 3.8) is 0 Å². The molecule has 27 heavy (non-hydrogen) atoms. The van der Waals surface area contributed by atoms with Crippen LogP contribution in [0.15, 0.2) is 48.2 Å². The van der Waals surface area contributed by atoms with Crippen LogP contribution in [0.2, 0.25) is 0 Å². The molecule has 0 spiro atoms. The molecule has 9 heteroatoms. The Balaban J connectivity index is 1.93. The Hall–Kier alpha value is -3.23. The van der Waals surface area contributed by atoms with Crippen molar-refractivity contribution in [2.45, 2.75) is 13.1 Å². The molecule has 4 nitrogen and oxygen atoms in total. The zero-order valence-corrected chi connectivity index (χ0v) is 13.7. The van der Waals surface area contributed by atoms with Crippen LogP contribution in [0.5, 0.6) is 0 Å². The molecule has 3 rings (SSSR count). The number of para-hydroxylation sites is 1. The van der Waals surface area contributed by atoms with Gasteiger partial charge in [-0.2, -0.15) is 13.2 Å². The monoisotopic (exact) mass is 382 g/mol. The summed E-state index contributed by atoms with van der Waals surface area (Å²) >= 11 is 0. The van der Waals surface area contributed by atoms with Crippen molar-refractivity contribution >= 4 is 23.2 Å². The highest BCUT2D eigenvalue weighted by molar-refractivity contribution is 6.31. The van der Waals surface area contributed by atoms with Crippen molar-refractivity contribution in [3.8, 4) is 0 Å². The number of alkyl halides is 3. The first-order valence-electron chi connectivity index (χ1n) is 7.58. The van der Waals surface area contributed by atoms with Crippen LogP contribution in [0.1, 0.15) is 11.1 Å². The minimum atomic E-state index is -4.78. The molecule has 2 amide bonds. The number of hydrogen-bond acceptors (Lipinski definition) is 3. The molecular formula is C18H11F5N2O2. The van der Waals surface area contributed by atoms with Gasteiger partial charge in [-0.05, 0) is 31.2 Å². The Morgan fingerprint density at radius 2 is 1.59 bits per heavy atom. The Morgan fingerprint density at radius 1 is 1.00 bits per heavy atom. The molecule has 1 aliphatic rings. The van der Waals surface area contributed by atoms with Crippen LogP contribution in [0.4, 0.5) is 33.3 Å². The van der Waals surface area contributed by atoms with Crippen molar-refractivity contribution in [1.29, 1.82) is 0 Å². The number of carbonyl (C=O) groups excluding carboxylic acids is 2. The summed E-state index contributed by atoms with van der Waals surface area (Å²) in [6.07, 6.45) is -4.01.